The standard InChI is InChI=1S/C17H28N2OS/c1-12-6-8-17(11-18,9-7-12)16(20)19-13(2)10-15-5-4-14(3)21-15/h4-5,12-13H,6-11,18H2,1-3H3,(H,19,20). The third-order valence-corrected chi connectivity index (χ3v) is 5.81. The van der Waals surface area contributed by atoms with E-state index in [-0.39, 0.29) is 17.4 Å². The number of nitrogens with two attached hydrogens (primary N) is 1. The molecule has 1 aromatic heterocycles. The molecule has 1 amide bonds. The predicted octanol–water partition coefficient (Wildman–Crippen LogP) is 3.26. The predicted molar refractivity (Wildman–Crippen MR) is 89.5 cm³/mol. The molecule has 1 unspecified atom stereocenters. The molecule has 3 N–H and O–H groups in total. The van der Waals surface area contributed by atoms with Gasteiger partial charge in [-0.05, 0) is 57.6 Å². The number of thiophene rings is 1. The lowest BCUT2D eigenvalue weighted by Crippen LogP contribution is -2.50. The highest BCUT2D eigenvalue weighted by molar-refractivity contribution is 7.11. The van der Waals surface area contributed by atoms with Crippen LogP contribution in [0.2, 0.25) is 0 Å². The van der Waals surface area contributed by atoms with Crippen LogP contribution in [0.1, 0.15) is 49.3 Å². The van der Waals surface area contributed by atoms with E-state index in [2.05, 4.69) is 38.2 Å². The van der Waals surface area contributed by atoms with Crippen LogP contribution in [0.3, 0.4) is 0 Å². The molecule has 0 saturated heterocycles. The van der Waals surface area contributed by atoms with E-state index in [4.69, 9.17) is 5.73 Å². The van der Waals surface area contributed by atoms with Gasteiger partial charge in [-0.25, -0.2) is 0 Å². The molecular weight excluding hydrogens is 280 g/mol. The van der Waals surface area contributed by atoms with Gasteiger partial charge in [-0.3, -0.25) is 4.79 Å². The van der Waals surface area contributed by atoms with Crippen molar-refractivity contribution in [1.29, 1.82) is 0 Å². The van der Waals surface area contributed by atoms with Gasteiger partial charge < -0.3 is 11.1 Å². The number of hydrogen-bond acceptors (Lipinski definition) is 3. The lowest BCUT2D eigenvalue weighted by atomic mass is 9.70. The zero-order valence-electron chi connectivity index (χ0n) is 13.4. The first-order chi connectivity index (χ1) is 9.95. The molecule has 118 valence electrons. The molecule has 0 bridgehead atoms. The van der Waals surface area contributed by atoms with Crippen molar-refractivity contribution in [3.63, 3.8) is 0 Å². The molecule has 1 aliphatic carbocycles. The van der Waals surface area contributed by atoms with Crippen molar-refractivity contribution in [3.8, 4) is 0 Å². The summed E-state index contributed by atoms with van der Waals surface area (Å²) in [6.45, 7) is 6.93. The van der Waals surface area contributed by atoms with E-state index >= 15 is 0 Å². The molecule has 2 rings (SSSR count). The first-order valence-electron chi connectivity index (χ1n) is 8.01. The Hall–Kier alpha value is -0.870. The number of hydrogen-bond donors (Lipinski definition) is 2. The Morgan fingerprint density at radius 3 is 2.67 bits per heavy atom. The van der Waals surface area contributed by atoms with Crippen molar-refractivity contribution >= 4 is 17.2 Å². The summed E-state index contributed by atoms with van der Waals surface area (Å²) in [7, 11) is 0. The zero-order chi connectivity index (χ0) is 15.5. The molecule has 3 nitrogen and oxygen atoms in total. The highest BCUT2D eigenvalue weighted by Crippen LogP contribution is 2.38. The molecule has 0 spiro atoms. The molecule has 1 atom stereocenters. The number of amides is 1. The van der Waals surface area contributed by atoms with E-state index in [1.165, 1.54) is 9.75 Å². The number of carbonyl (C=O) groups is 1. The van der Waals surface area contributed by atoms with E-state index in [9.17, 15) is 4.79 Å². The molecular formula is C17H28N2OS. The van der Waals surface area contributed by atoms with Crippen molar-refractivity contribution in [3.05, 3.63) is 21.9 Å². The summed E-state index contributed by atoms with van der Waals surface area (Å²) in [5.41, 5.74) is 5.63. The lowest BCUT2D eigenvalue weighted by molar-refractivity contribution is -0.133. The third kappa shape index (κ3) is 4.07. The van der Waals surface area contributed by atoms with E-state index < -0.39 is 0 Å². The molecule has 1 fully saturated rings. The largest absolute Gasteiger partial charge is 0.353 e. The Kier molecular flexibility index (Phi) is 5.44. The summed E-state index contributed by atoms with van der Waals surface area (Å²) in [6, 6.07) is 4.46. The summed E-state index contributed by atoms with van der Waals surface area (Å²) in [4.78, 5) is 15.3. The maximum Gasteiger partial charge on any atom is 0.227 e. The van der Waals surface area contributed by atoms with Crippen LogP contribution in [-0.2, 0) is 11.2 Å². The highest BCUT2D eigenvalue weighted by Gasteiger charge is 2.40. The second-order valence-electron chi connectivity index (χ2n) is 6.76. The van der Waals surface area contributed by atoms with Gasteiger partial charge in [0.2, 0.25) is 5.91 Å². The fourth-order valence-corrected chi connectivity index (χ4v) is 4.18. The second-order valence-corrected chi connectivity index (χ2v) is 8.13. The smallest absolute Gasteiger partial charge is 0.227 e. The number of rotatable bonds is 5. The first-order valence-corrected chi connectivity index (χ1v) is 8.83. The van der Waals surface area contributed by atoms with Gasteiger partial charge in [0.15, 0.2) is 0 Å². The molecule has 1 saturated carbocycles. The molecule has 0 radical (unpaired) electrons. The van der Waals surface area contributed by atoms with Crippen LogP contribution in [0.5, 0.6) is 0 Å². The van der Waals surface area contributed by atoms with Gasteiger partial charge in [-0.2, -0.15) is 0 Å². The second kappa shape index (κ2) is 6.93. The fourth-order valence-electron chi connectivity index (χ4n) is 3.16. The van der Waals surface area contributed by atoms with Crippen LogP contribution in [0.25, 0.3) is 0 Å². The maximum absolute atomic E-state index is 12.7. The zero-order valence-corrected chi connectivity index (χ0v) is 14.3. The minimum Gasteiger partial charge on any atom is -0.353 e. The fraction of sp³-hybridized carbons (Fsp3) is 0.706. The SMILES string of the molecule is Cc1ccc(CC(C)NC(=O)C2(CN)CCC(C)CC2)s1. The summed E-state index contributed by atoms with van der Waals surface area (Å²) in [5, 5.41) is 3.20. The van der Waals surface area contributed by atoms with Crippen molar-refractivity contribution in [2.45, 2.75) is 58.9 Å². The van der Waals surface area contributed by atoms with Crippen molar-refractivity contribution in [2.75, 3.05) is 6.54 Å². The minimum absolute atomic E-state index is 0.165. The van der Waals surface area contributed by atoms with Crippen molar-refractivity contribution in [1.82, 2.24) is 5.32 Å². The van der Waals surface area contributed by atoms with Crippen LogP contribution < -0.4 is 11.1 Å². The number of nitrogens with one attached hydrogen (secondary N) is 1. The average Bonchev–Trinajstić information content (AvgIpc) is 2.85. The molecule has 0 aliphatic heterocycles. The van der Waals surface area contributed by atoms with E-state index in [1.807, 2.05) is 11.3 Å². The van der Waals surface area contributed by atoms with Crippen molar-refractivity contribution < 1.29 is 4.79 Å². The van der Waals surface area contributed by atoms with E-state index in [0.29, 0.717) is 6.54 Å². The van der Waals surface area contributed by atoms with Gasteiger partial charge in [0.05, 0.1) is 5.41 Å². The summed E-state index contributed by atoms with van der Waals surface area (Å²) in [6.07, 6.45) is 5.00. The normalized spacial score (nSPS) is 27.3. The Labute approximate surface area is 132 Å². The van der Waals surface area contributed by atoms with Crippen LogP contribution in [0.15, 0.2) is 12.1 Å². The highest BCUT2D eigenvalue weighted by atomic mass is 32.1. The minimum atomic E-state index is -0.327. The first kappa shape index (κ1) is 16.5. The lowest BCUT2D eigenvalue weighted by Gasteiger charge is -2.37. The Bertz CT molecular complexity index is 475. The molecule has 4 heteroatoms. The third-order valence-electron chi connectivity index (χ3n) is 4.78. The van der Waals surface area contributed by atoms with Crippen molar-refractivity contribution in [2.24, 2.45) is 17.1 Å². The molecule has 1 heterocycles. The van der Waals surface area contributed by atoms with Gasteiger partial charge in [0, 0.05) is 28.8 Å². The van der Waals surface area contributed by atoms with Gasteiger partial charge in [0.25, 0.3) is 0 Å². The van der Waals surface area contributed by atoms with E-state index in [1.54, 1.807) is 0 Å². The molecule has 21 heavy (non-hydrogen) atoms. The Morgan fingerprint density at radius 2 is 2.14 bits per heavy atom. The molecule has 1 aliphatic rings. The summed E-state index contributed by atoms with van der Waals surface area (Å²) >= 11 is 1.81. The quantitative estimate of drug-likeness (QED) is 0.877. The average molecular weight is 308 g/mol. The number of aryl methyl sites for hydroxylation is 1. The van der Waals surface area contributed by atoms with Gasteiger partial charge >= 0.3 is 0 Å². The van der Waals surface area contributed by atoms with Crippen LogP contribution in [-0.4, -0.2) is 18.5 Å². The monoisotopic (exact) mass is 308 g/mol. The summed E-state index contributed by atoms with van der Waals surface area (Å²) in [5.74, 6) is 0.890. The number of carbonyl (C=O) groups excluding carboxylic acids is 1. The van der Waals surface area contributed by atoms with Crippen LogP contribution in [0, 0.1) is 18.3 Å². The maximum atomic E-state index is 12.7. The van der Waals surface area contributed by atoms with E-state index in [0.717, 1.165) is 38.0 Å². The summed E-state index contributed by atoms with van der Waals surface area (Å²) < 4.78 is 0. The van der Waals surface area contributed by atoms with Gasteiger partial charge in [-0.1, -0.05) is 6.92 Å². The van der Waals surface area contributed by atoms with Crippen LogP contribution in [0.4, 0.5) is 0 Å². The van der Waals surface area contributed by atoms with Gasteiger partial charge in [0.1, 0.15) is 0 Å². The van der Waals surface area contributed by atoms with Crippen LogP contribution >= 0.6 is 11.3 Å². The topological polar surface area (TPSA) is 55.1 Å². The van der Waals surface area contributed by atoms with Gasteiger partial charge in [-0.15, -0.1) is 11.3 Å². The Balaban J connectivity index is 1.92. The molecule has 0 aromatic carbocycles. The molecule has 1 aromatic rings. The Morgan fingerprint density at radius 1 is 1.48 bits per heavy atom.